The number of carbonyl (C=O) groups is 1. The molecule has 6 heteroatoms. The van der Waals surface area contributed by atoms with E-state index in [1.54, 1.807) is 12.0 Å². The molecule has 152 valence electrons. The van der Waals surface area contributed by atoms with Crippen LogP contribution in [0.1, 0.15) is 61.9 Å². The topological polar surface area (TPSA) is 47.4 Å². The Bertz CT molecular complexity index is 909. The highest BCUT2D eigenvalue weighted by Crippen LogP contribution is 2.36. The van der Waals surface area contributed by atoms with Crippen molar-refractivity contribution in [2.24, 2.45) is 5.92 Å². The molecule has 3 rings (SSSR count). The lowest BCUT2D eigenvalue weighted by Gasteiger charge is -2.32. The molecule has 1 aliphatic rings. The molecule has 0 saturated carbocycles. The Hall–Kier alpha value is -1.82. The maximum absolute atomic E-state index is 13.1. The van der Waals surface area contributed by atoms with Gasteiger partial charge in [-0.2, -0.15) is 0 Å². The van der Waals surface area contributed by atoms with Crippen molar-refractivity contribution in [2.75, 3.05) is 14.2 Å². The van der Waals surface area contributed by atoms with Crippen LogP contribution in [-0.2, 0) is 19.3 Å². The first-order valence-corrected chi connectivity index (χ1v) is 10.6. The fraction of sp³-hybridized carbons (Fsp3) is 0.545. The summed E-state index contributed by atoms with van der Waals surface area (Å²) in [5.41, 5.74) is 4.75. The van der Waals surface area contributed by atoms with Gasteiger partial charge in [0.25, 0.3) is 5.91 Å². The predicted octanol–water partition coefficient (Wildman–Crippen LogP) is 4.81. The summed E-state index contributed by atoms with van der Waals surface area (Å²) in [7, 11) is 3.57. The Morgan fingerprint density at radius 2 is 2.00 bits per heavy atom. The largest absolute Gasteiger partial charge is 0.496 e. The number of imidazole rings is 1. The second kappa shape index (κ2) is 7.54. The first kappa shape index (κ1) is 20.9. The number of hydrogen-bond acceptors (Lipinski definition) is 3. The van der Waals surface area contributed by atoms with Gasteiger partial charge in [-0.05, 0) is 85.1 Å². The molecule has 2 aromatic rings. The number of amides is 1. The summed E-state index contributed by atoms with van der Waals surface area (Å²) in [6.45, 7) is 10.5. The Morgan fingerprint density at radius 1 is 1.32 bits per heavy atom. The second-order valence-corrected chi connectivity index (χ2v) is 9.65. The van der Waals surface area contributed by atoms with Crippen LogP contribution in [0.3, 0.4) is 0 Å². The quantitative estimate of drug-likeness (QED) is 0.675. The Kier molecular flexibility index (Phi) is 5.63. The lowest BCUT2D eigenvalue weighted by atomic mass is 9.94. The highest BCUT2D eigenvalue weighted by molar-refractivity contribution is 9.10. The standard InChI is InChI=1S/C22H30BrN3O2/c1-13(2)10-15-11-17-14(12-18(15)28-7)8-9-16-19(24-21(23)26(16)17)20(27)25(6)22(3,4)5/h11-13H,8-10H2,1-7H3. The fourth-order valence-corrected chi connectivity index (χ4v) is 4.22. The van der Waals surface area contributed by atoms with Gasteiger partial charge in [0.1, 0.15) is 5.75 Å². The average molecular weight is 448 g/mol. The number of halogens is 1. The lowest BCUT2D eigenvalue weighted by molar-refractivity contribution is 0.0648. The van der Waals surface area contributed by atoms with Crippen LogP contribution in [0.2, 0.25) is 0 Å². The van der Waals surface area contributed by atoms with Crippen LogP contribution in [0, 0.1) is 5.92 Å². The van der Waals surface area contributed by atoms with Crippen molar-refractivity contribution in [3.8, 4) is 11.4 Å². The second-order valence-electron chi connectivity index (χ2n) is 8.94. The van der Waals surface area contributed by atoms with Gasteiger partial charge in [-0.15, -0.1) is 0 Å². The lowest BCUT2D eigenvalue weighted by Crippen LogP contribution is -2.43. The van der Waals surface area contributed by atoms with E-state index in [0.717, 1.165) is 36.4 Å². The van der Waals surface area contributed by atoms with Crippen LogP contribution in [-0.4, -0.2) is 40.1 Å². The number of rotatable bonds is 4. The first-order chi connectivity index (χ1) is 13.0. The molecule has 0 spiro atoms. The van der Waals surface area contributed by atoms with Crippen molar-refractivity contribution >= 4 is 21.8 Å². The van der Waals surface area contributed by atoms with Crippen LogP contribution in [0.25, 0.3) is 5.69 Å². The summed E-state index contributed by atoms with van der Waals surface area (Å²) in [5, 5.41) is 0. The van der Waals surface area contributed by atoms with E-state index in [0.29, 0.717) is 16.3 Å². The van der Waals surface area contributed by atoms with E-state index in [-0.39, 0.29) is 11.4 Å². The van der Waals surface area contributed by atoms with Gasteiger partial charge in [0.05, 0.1) is 18.5 Å². The van der Waals surface area contributed by atoms with Gasteiger partial charge in [0, 0.05) is 12.6 Å². The number of nitrogens with zero attached hydrogens (tertiary/aromatic N) is 3. The third-order valence-electron chi connectivity index (χ3n) is 5.43. The summed E-state index contributed by atoms with van der Waals surface area (Å²) < 4.78 is 8.41. The third kappa shape index (κ3) is 3.71. The molecule has 0 unspecified atom stereocenters. The van der Waals surface area contributed by atoms with Gasteiger partial charge < -0.3 is 9.64 Å². The smallest absolute Gasteiger partial charge is 0.274 e. The Morgan fingerprint density at radius 3 is 2.57 bits per heavy atom. The number of fused-ring (bicyclic) bond motifs is 3. The van der Waals surface area contributed by atoms with Crippen molar-refractivity contribution < 1.29 is 9.53 Å². The fourth-order valence-electron chi connectivity index (χ4n) is 3.64. The molecule has 0 fully saturated rings. The molecule has 0 saturated heterocycles. The van der Waals surface area contributed by atoms with Crippen LogP contribution < -0.4 is 4.74 Å². The number of aryl methyl sites for hydroxylation is 1. The SMILES string of the molecule is COc1cc2c(cc1CC(C)C)-n1c(Br)nc(C(=O)N(C)C(C)(C)C)c1CC2. The summed E-state index contributed by atoms with van der Waals surface area (Å²) in [6.07, 6.45) is 2.58. The average Bonchev–Trinajstić information content (AvgIpc) is 2.95. The van der Waals surface area contributed by atoms with Gasteiger partial charge in [0.15, 0.2) is 10.4 Å². The van der Waals surface area contributed by atoms with Crippen LogP contribution >= 0.6 is 15.9 Å². The zero-order valence-corrected chi connectivity index (χ0v) is 19.5. The zero-order chi connectivity index (χ0) is 20.8. The van der Waals surface area contributed by atoms with Crippen molar-refractivity contribution in [3.05, 3.63) is 39.4 Å². The number of aromatic nitrogens is 2. The van der Waals surface area contributed by atoms with Crippen molar-refractivity contribution in [1.82, 2.24) is 14.5 Å². The maximum Gasteiger partial charge on any atom is 0.274 e. The molecule has 28 heavy (non-hydrogen) atoms. The molecule has 1 aromatic heterocycles. The van der Waals surface area contributed by atoms with Crippen LogP contribution in [0.15, 0.2) is 16.9 Å². The van der Waals surface area contributed by atoms with Gasteiger partial charge in [-0.3, -0.25) is 9.36 Å². The van der Waals surface area contributed by atoms with E-state index in [4.69, 9.17) is 4.74 Å². The van der Waals surface area contributed by atoms with E-state index in [1.165, 1.54) is 11.1 Å². The molecular weight excluding hydrogens is 418 g/mol. The number of methoxy groups -OCH3 is 1. The van der Waals surface area contributed by atoms with Crippen LogP contribution in [0.5, 0.6) is 5.75 Å². The summed E-state index contributed by atoms with van der Waals surface area (Å²) >= 11 is 3.60. The van der Waals surface area contributed by atoms with Gasteiger partial charge in [0.2, 0.25) is 0 Å². The minimum Gasteiger partial charge on any atom is -0.496 e. The van der Waals surface area contributed by atoms with Gasteiger partial charge in [-0.1, -0.05) is 13.8 Å². The minimum atomic E-state index is -0.259. The molecule has 0 aliphatic carbocycles. The van der Waals surface area contributed by atoms with E-state index >= 15 is 0 Å². The summed E-state index contributed by atoms with van der Waals surface area (Å²) in [5.74, 6) is 1.43. The van der Waals surface area contributed by atoms with E-state index < -0.39 is 0 Å². The maximum atomic E-state index is 13.1. The van der Waals surface area contributed by atoms with E-state index in [9.17, 15) is 4.79 Å². The van der Waals surface area contributed by atoms with Gasteiger partial charge >= 0.3 is 0 Å². The molecule has 5 nitrogen and oxygen atoms in total. The van der Waals surface area contributed by atoms with E-state index in [1.807, 2.05) is 27.8 Å². The molecule has 2 heterocycles. The molecule has 0 atom stereocenters. The molecule has 1 aliphatic heterocycles. The number of benzene rings is 1. The Labute approximate surface area is 176 Å². The molecule has 0 N–H and O–H groups in total. The highest BCUT2D eigenvalue weighted by Gasteiger charge is 2.32. The Balaban J connectivity index is 2.12. The van der Waals surface area contributed by atoms with Crippen LogP contribution in [0.4, 0.5) is 0 Å². The highest BCUT2D eigenvalue weighted by atomic mass is 79.9. The van der Waals surface area contributed by atoms with E-state index in [2.05, 4.69) is 51.5 Å². The zero-order valence-electron chi connectivity index (χ0n) is 17.9. The third-order valence-corrected chi connectivity index (χ3v) is 5.96. The van der Waals surface area contributed by atoms with Crippen molar-refractivity contribution in [3.63, 3.8) is 0 Å². The number of hydrogen-bond donors (Lipinski definition) is 0. The molecule has 0 radical (unpaired) electrons. The number of ether oxygens (including phenoxy) is 1. The number of carbonyl (C=O) groups excluding carboxylic acids is 1. The normalized spacial score (nSPS) is 13.3. The predicted molar refractivity (Wildman–Crippen MR) is 116 cm³/mol. The monoisotopic (exact) mass is 447 g/mol. The van der Waals surface area contributed by atoms with Crippen molar-refractivity contribution in [1.29, 1.82) is 0 Å². The molecular formula is C22H30BrN3O2. The minimum absolute atomic E-state index is 0.0404. The summed E-state index contributed by atoms with van der Waals surface area (Å²) in [4.78, 5) is 19.5. The molecule has 1 aromatic carbocycles. The summed E-state index contributed by atoms with van der Waals surface area (Å²) in [6, 6.07) is 4.34. The molecule has 0 bridgehead atoms. The first-order valence-electron chi connectivity index (χ1n) is 9.80. The van der Waals surface area contributed by atoms with Gasteiger partial charge in [-0.25, -0.2) is 4.98 Å². The molecule has 1 amide bonds. The van der Waals surface area contributed by atoms with Crippen molar-refractivity contribution in [2.45, 2.75) is 59.4 Å².